The van der Waals surface area contributed by atoms with Gasteiger partial charge < -0.3 is 41.0 Å². The number of guanidine groups is 1. The molecule has 4 aromatic rings. The van der Waals surface area contributed by atoms with Crippen molar-refractivity contribution in [2.45, 2.75) is 50.6 Å². The van der Waals surface area contributed by atoms with Crippen molar-refractivity contribution in [1.82, 2.24) is 25.8 Å². The molecule has 4 aromatic carbocycles. The summed E-state index contributed by atoms with van der Waals surface area (Å²) >= 11 is 6.37. The maximum Gasteiger partial charge on any atom is 0.416 e. The molecule has 360 valence electrons. The summed E-state index contributed by atoms with van der Waals surface area (Å²) < 4.78 is 161. The largest absolute Gasteiger partial charge is 0.430 e. The van der Waals surface area contributed by atoms with E-state index in [-0.39, 0.29) is 41.9 Å². The number of carbonyl (C=O) groups excluding carboxylic acids is 1. The van der Waals surface area contributed by atoms with Crippen LogP contribution in [-0.4, -0.2) is 74.9 Å². The van der Waals surface area contributed by atoms with Crippen LogP contribution in [0.3, 0.4) is 0 Å². The molecule has 2 aliphatic heterocycles. The number of aryl methyl sites for hydroxylation is 1. The Hall–Kier alpha value is -5.71. The van der Waals surface area contributed by atoms with Gasteiger partial charge in [0.15, 0.2) is 0 Å². The fraction of sp³-hybridized carbons (Fsp3) is 0.349. The molecule has 0 bridgehead atoms. The van der Waals surface area contributed by atoms with E-state index < -0.39 is 58.8 Å². The van der Waals surface area contributed by atoms with E-state index in [1.165, 1.54) is 20.3 Å². The zero-order valence-corrected chi connectivity index (χ0v) is 36.2. The third-order valence-corrected chi connectivity index (χ3v) is 9.80. The fourth-order valence-corrected chi connectivity index (χ4v) is 6.37. The zero-order valence-electron chi connectivity index (χ0n) is 35.5. The van der Waals surface area contributed by atoms with Crippen molar-refractivity contribution in [3.05, 3.63) is 141 Å². The number of likely N-dealkylation sites (N-methyl/N-ethyl adjacent to an activating group) is 1. The second-order valence-electron chi connectivity index (χ2n) is 14.7. The number of carbonyl (C=O) groups is 1. The quantitative estimate of drug-likeness (QED) is 0.0971. The second-order valence-corrected chi connectivity index (χ2v) is 15.1. The molecule has 1 unspecified atom stereocenters. The Morgan fingerprint density at radius 2 is 1.11 bits per heavy atom. The minimum absolute atomic E-state index is 0.0264. The lowest BCUT2D eigenvalue weighted by atomic mass is 10.0. The highest BCUT2D eigenvalue weighted by atomic mass is 35.5. The van der Waals surface area contributed by atoms with E-state index in [0.717, 1.165) is 31.7 Å². The number of para-hydroxylation sites is 2. The molecule has 6 rings (SSSR count). The van der Waals surface area contributed by atoms with Gasteiger partial charge in [-0.1, -0.05) is 41.9 Å². The predicted octanol–water partition coefficient (Wildman–Crippen LogP) is 9.22. The van der Waals surface area contributed by atoms with E-state index in [9.17, 15) is 57.5 Å². The minimum atomic E-state index is -4.79. The molecular formula is C43H44ClF12N7O3. The average Bonchev–Trinajstić information content (AvgIpc) is 3.22. The predicted molar refractivity (Wildman–Crippen MR) is 222 cm³/mol. The Morgan fingerprint density at radius 1 is 0.697 bits per heavy atom. The van der Waals surface area contributed by atoms with Crippen LogP contribution in [0.25, 0.3) is 0 Å². The molecule has 0 aromatic heterocycles. The minimum Gasteiger partial charge on any atom is -0.430 e. The Balaban J connectivity index is 0.000000238. The molecule has 0 spiro atoms. The molecule has 66 heavy (non-hydrogen) atoms. The summed E-state index contributed by atoms with van der Waals surface area (Å²) in [7, 11) is 4.95. The summed E-state index contributed by atoms with van der Waals surface area (Å²) in [4.78, 5) is 21.6. The van der Waals surface area contributed by atoms with Crippen LogP contribution in [0, 0.1) is 6.92 Å². The lowest BCUT2D eigenvalue weighted by Crippen LogP contribution is -2.57. The lowest BCUT2D eigenvalue weighted by Gasteiger charge is -2.39. The van der Waals surface area contributed by atoms with E-state index in [0.29, 0.717) is 46.7 Å². The van der Waals surface area contributed by atoms with Crippen molar-refractivity contribution in [2.75, 3.05) is 47.3 Å². The third-order valence-electron chi connectivity index (χ3n) is 9.49. The first-order valence-corrected chi connectivity index (χ1v) is 19.9. The standard InChI is InChI=1S/C23H26ClN5O3.2C10H9F6N/c1-16-7-3-5-9-19(16)31-23(32-20-10-6-4-8-18(20)24)17(21(25)30)15-26-22(27-23)29-13-11-28(2)12-14-29;2*1-17-5-6-2-7(9(11,12)13)4-8(3-6)10(14,15)16/h3-10,15H,11-14H2,1-2H3,(H2,25,30)(H,26,27);2*2-4,17H,5H2,1H3. The van der Waals surface area contributed by atoms with Crippen LogP contribution in [0.4, 0.5) is 52.7 Å². The Bertz CT molecular complexity index is 2150. The van der Waals surface area contributed by atoms with Crippen LogP contribution in [0.5, 0.6) is 11.5 Å². The van der Waals surface area contributed by atoms with Gasteiger partial charge in [-0.25, -0.2) is 0 Å². The molecule has 23 heteroatoms. The van der Waals surface area contributed by atoms with Crippen LogP contribution in [0.1, 0.15) is 38.9 Å². The van der Waals surface area contributed by atoms with Gasteiger partial charge in [-0.2, -0.15) is 57.7 Å². The summed E-state index contributed by atoms with van der Waals surface area (Å²) in [6.45, 7) is 5.05. The van der Waals surface area contributed by atoms with Gasteiger partial charge in [-0.05, 0) is 99.4 Å². The third kappa shape index (κ3) is 14.6. The van der Waals surface area contributed by atoms with Gasteiger partial charge in [0.25, 0.3) is 5.91 Å². The van der Waals surface area contributed by atoms with Gasteiger partial charge in [0.1, 0.15) is 17.1 Å². The number of rotatable bonds is 9. The number of benzene rings is 4. The molecule has 0 aliphatic carbocycles. The Kier molecular flexibility index (Phi) is 17.4. The van der Waals surface area contributed by atoms with Crippen molar-refractivity contribution >= 4 is 23.5 Å². The molecular weight excluding hydrogens is 926 g/mol. The number of halogens is 13. The molecule has 1 fully saturated rings. The number of amides is 1. The summed E-state index contributed by atoms with van der Waals surface area (Å²) in [5.41, 5.74) is 1.32. The van der Waals surface area contributed by atoms with Gasteiger partial charge >= 0.3 is 30.6 Å². The summed E-state index contributed by atoms with van der Waals surface area (Å²) in [6.07, 6.45) is -17.7. The number of nitrogens with one attached hydrogen (secondary N) is 3. The lowest BCUT2D eigenvalue weighted by molar-refractivity contribution is -0.144. The molecule has 10 nitrogen and oxygen atoms in total. The van der Waals surface area contributed by atoms with Gasteiger partial charge in [0.05, 0.1) is 27.3 Å². The number of piperazine rings is 1. The van der Waals surface area contributed by atoms with Crippen molar-refractivity contribution in [3.8, 4) is 11.5 Å². The highest BCUT2D eigenvalue weighted by Crippen LogP contribution is 2.39. The molecule has 1 atom stereocenters. The molecule has 1 saturated heterocycles. The molecule has 2 heterocycles. The zero-order chi connectivity index (χ0) is 49.3. The van der Waals surface area contributed by atoms with Crippen LogP contribution in [0.2, 0.25) is 5.02 Å². The molecule has 0 saturated carbocycles. The second kappa shape index (κ2) is 21.7. The maximum atomic E-state index is 12.5. The molecule has 5 N–H and O–H groups in total. The Morgan fingerprint density at radius 3 is 1.50 bits per heavy atom. The van der Waals surface area contributed by atoms with Crippen molar-refractivity contribution < 1.29 is 67.0 Å². The first-order valence-electron chi connectivity index (χ1n) is 19.5. The van der Waals surface area contributed by atoms with Gasteiger partial charge in [-0.3, -0.25) is 4.79 Å². The van der Waals surface area contributed by atoms with E-state index in [1.807, 2.05) is 25.1 Å². The van der Waals surface area contributed by atoms with Crippen LogP contribution in [-0.2, 0) is 42.6 Å². The topological polar surface area (TPSA) is 116 Å². The highest BCUT2D eigenvalue weighted by Gasteiger charge is 2.47. The molecule has 1 amide bonds. The fourth-order valence-electron chi connectivity index (χ4n) is 6.19. The highest BCUT2D eigenvalue weighted by molar-refractivity contribution is 6.32. The number of aliphatic imine (C=N–C) groups is 1. The molecule has 0 radical (unpaired) electrons. The van der Waals surface area contributed by atoms with Crippen molar-refractivity contribution in [2.24, 2.45) is 10.7 Å². The van der Waals surface area contributed by atoms with Crippen LogP contribution < -0.4 is 31.2 Å². The number of nitrogens with zero attached hydrogens (tertiary/aromatic N) is 3. The number of alkyl halides is 12. The van der Waals surface area contributed by atoms with Gasteiger partial charge in [0.2, 0.25) is 5.96 Å². The van der Waals surface area contributed by atoms with Crippen LogP contribution >= 0.6 is 11.6 Å². The molecule has 2 aliphatic rings. The summed E-state index contributed by atoms with van der Waals surface area (Å²) in [6, 6.07) is 17.4. The Labute approximate surface area is 376 Å². The van der Waals surface area contributed by atoms with E-state index in [2.05, 4.69) is 32.8 Å². The average molecular weight is 970 g/mol. The normalized spacial score (nSPS) is 17.0. The van der Waals surface area contributed by atoms with Crippen molar-refractivity contribution in [3.63, 3.8) is 0 Å². The summed E-state index contributed by atoms with van der Waals surface area (Å²) in [5.74, 6) is -1.22. The summed E-state index contributed by atoms with van der Waals surface area (Å²) in [5, 5.41) is 8.47. The first-order chi connectivity index (χ1) is 30.7. The van der Waals surface area contributed by atoms with Crippen molar-refractivity contribution in [1.29, 1.82) is 0 Å². The number of ether oxygens (including phenoxy) is 2. The SMILES string of the molecule is CNCc1cc(C(F)(F)F)cc(C(F)(F)F)c1.CNCc1cc(C(F)(F)F)cc(C(F)(F)F)c1.Cc1ccccc1OC1(Oc2ccccc2Cl)N=C(N2CCN(C)CC2)NC=C1C(N)=O. The van der Waals surface area contributed by atoms with Crippen LogP contribution in [0.15, 0.2) is 102 Å². The first kappa shape index (κ1) is 52.9. The number of primary amides is 1. The van der Waals surface area contributed by atoms with Gasteiger partial charge in [-0.15, -0.1) is 0 Å². The number of hydrogen-bond acceptors (Lipinski definition) is 9. The monoisotopic (exact) mass is 969 g/mol. The smallest absolute Gasteiger partial charge is 0.416 e. The van der Waals surface area contributed by atoms with Gasteiger partial charge in [0, 0.05) is 45.5 Å². The van der Waals surface area contributed by atoms with E-state index in [1.54, 1.807) is 30.3 Å². The number of nitrogens with two attached hydrogens (primary N) is 1. The van der Waals surface area contributed by atoms with E-state index >= 15 is 0 Å². The number of hydrogen-bond donors (Lipinski definition) is 4. The maximum absolute atomic E-state index is 12.5. The van der Waals surface area contributed by atoms with E-state index in [4.69, 9.17) is 31.8 Å².